The molecular formula is C13H20N2O3. The van der Waals surface area contributed by atoms with Crippen molar-refractivity contribution in [2.75, 3.05) is 7.11 Å². The van der Waals surface area contributed by atoms with Gasteiger partial charge in [-0.2, -0.15) is 0 Å². The maximum absolute atomic E-state index is 10.9. The van der Waals surface area contributed by atoms with E-state index in [0.717, 1.165) is 31.2 Å². The zero-order valence-corrected chi connectivity index (χ0v) is 10.9. The molecule has 5 nitrogen and oxygen atoms in total. The van der Waals surface area contributed by atoms with Crippen molar-refractivity contribution in [2.24, 2.45) is 5.73 Å². The van der Waals surface area contributed by atoms with Crippen LogP contribution in [-0.2, 0) is 6.42 Å². The van der Waals surface area contributed by atoms with Crippen LogP contribution in [0.15, 0.2) is 18.2 Å². The third-order valence-corrected chi connectivity index (χ3v) is 2.90. The third kappa shape index (κ3) is 4.00. The zero-order valence-electron chi connectivity index (χ0n) is 10.9. The van der Waals surface area contributed by atoms with Crippen LogP contribution in [0, 0.1) is 10.1 Å². The van der Waals surface area contributed by atoms with E-state index in [1.165, 1.54) is 7.11 Å². The molecule has 0 aromatic heterocycles. The Bertz CT molecular complexity index is 407. The van der Waals surface area contributed by atoms with Crippen LogP contribution < -0.4 is 10.5 Å². The summed E-state index contributed by atoms with van der Waals surface area (Å²) in [5, 5.41) is 10.9. The number of aryl methyl sites for hydroxylation is 1. The molecule has 1 atom stereocenters. The van der Waals surface area contributed by atoms with Gasteiger partial charge in [0.05, 0.1) is 12.0 Å². The lowest BCUT2D eigenvalue weighted by Gasteiger charge is -2.10. The molecule has 0 radical (unpaired) electrons. The molecule has 18 heavy (non-hydrogen) atoms. The standard InChI is InChI=1S/C13H20N2O3/c1-3-4-11(14)7-5-10-6-8-13(18-2)12(9-10)15(16)17/h6,8-9,11H,3-5,7,14H2,1-2H3. The first-order chi connectivity index (χ1) is 8.58. The van der Waals surface area contributed by atoms with E-state index < -0.39 is 4.92 Å². The van der Waals surface area contributed by atoms with Crippen molar-refractivity contribution in [3.05, 3.63) is 33.9 Å². The zero-order chi connectivity index (χ0) is 13.5. The molecule has 0 aliphatic carbocycles. The van der Waals surface area contributed by atoms with Crippen molar-refractivity contribution in [1.82, 2.24) is 0 Å². The first kappa shape index (κ1) is 14.4. The van der Waals surface area contributed by atoms with Gasteiger partial charge in [-0.1, -0.05) is 19.4 Å². The summed E-state index contributed by atoms with van der Waals surface area (Å²) in [6, 6.07) is 5.22. The molecule has 0 bridgehead atoms. The fraction of sp³-hybridized carbons (Fsp3) is 0.538. The lowest BCUT2D eigenvalue weighted by atomic mass is 10.0. The molecule has 0 fully saturated rings. The Morgan fingerprint density at radius 1 is 1.44 bits per heavy atom. The number of benzene rings is 1. The van der Waals surface area contributed by atoms with Crippen molar-refractivity contribution in [3.8, 4) is 5.75 Å². The monoisotopic (exact) mass is 252 g/mol. The molecule has 100 valence electrons. The summed E-state index contributed by atoms with van der Waals surface area (Å²) in [6.07, 6.45) is 3.64. The number of nitro groups is 1. The van der Waals surface area contributed by atoms with E-state index in [2.05, 4.69) is 6.92 Å². The number of hydrogen-bond acceptors (Lipinski definition) is 4. The number of ether oxygens (including phenoxy) is 1. The SMILES string of the molecule is CCCC(N)CCc1ccc(OC)c([N+](=O)[O-])c1. The second kappa shape index (κ2) is 6.96. The second-order valence-electron chi connectivity index (χ2n) is 4.35. The number of rotatable bonds is 7. The van der Waals surface area contributed by atoms with Crippen LogP contribution >= 0.6 is 0 Å². The molecule has 2 N–H and O–H groups in total. The maximum atomic E-state index is 10.9. The quantitative estimate of drug-likeness (QED) is 0.597. The first-order valence-electron chi connectivity index (χ1n) is 6.15. The van der Waals surface area contributed by atoms with Gasteiger partial charge in [0.15, 0.2) is 5.75 Å². The van der Waals surface area contributed by atoms with Crippen LogP contribution in [0.2, 0.25) is 0 Å². The highest BCUT2D eigenvalue weighted by molar-refractivity contribution is 5.48. The minimum absolute atomic E-state index is 0.0130. The van der Waals surface area contributed by atoms with E-state index in [-0.39, 0.29) is 11.7 Å². The average molecular weight is 252 g/mol. The van der Waals surface area contributed by atoms with Crippen LogP contribution in [-0.4, -0.2) is 18.1 Å². The Balaban J connectivity index is 2.73. The van der Waals surface area contributed by atoms with Crippen LogP contribution in [0.1, 0.15) is 31.7 Å². The number of methoxy groups -OCH3 is 1. The molecule has 0 saturated heterocycles. The minimum Gasteiger partial charge on any atom is -0.490 e. The fourth-order valence-electron chi connectivity index (χ4n) is 1.90. The van der Waals surface area contributed by atoms with E-state index in [4.69, 9.17) is 10.5 Å². The van der Waals surface area contributed by atoms with Crippen LogP contribution in [0.4, 0.5) is 5.69 Å². The molecule has 0 amide bonds. The van der Waals surface area contributed by atoms with Crippen molar-refractivity contribution < 1.29 is 9.66 Å². The van der Waals surface area contributed by atoms with Gasteiger partial charge in [0, 0.05) is 12.1 Å². The number of hydrogen-bond donors (Lipinski definition) is 1. The Morgan fingerprint density at radius 3 is 2.72 bits per heavy atom. The van der Waals surface area contributed by atoms with E-state index in [0.29, 0.717) is 5.75 Å². The Kier molecular flexibility index (Phi) is 5.58. The summed E-state index contributed by atoms with van der Waals surface area (Å²) in [6.45, 7) is 2.10. The topological polar surface area (TPSA) is 78.4 Å². The summed E-state index contributed by atoms with van der Waals surface area (Å²) >= 11 is 0. The van der Waals surface area contributed by atoms with Crippen molar-refractivity contribution >= 4 is 5.69 Å². The molecule has 1 unspecified atom stereocenters. The molecule has 0 heterocycles. The van der Waals surface area contributed by atoms with Crippen molar-refractivity contribution in [3.63, 3.8) is 0 Å². The first-order valence-corrected chi connectivity index (χ1v) is 6.15. The van der Waals surface area contributed by atoms with Gasteiger partial charge >= 0.3 is 5.69 Å². The lowest BCUT2D eigenvalue weighted by Crippen LogP contribution is -2.20. The van der Waals surface area contributed by atoms with Gasteiger partial charge < -0.3 is 10.5 Å². The van der Waals surface area contributed by atoms with E-state index >= 15 is 0 Å². The molecule has 0 aliphatic heterocycles. The highest BCUT2D eigenvalue weighted by Gasteiger charge is 2.15. The summed E-state index contributed by atoms with van der Waals surface area (Å²) < 4.78 is 4.96. The van der Waals surface area contributed by atoms with Gasteiger partial charge in [-0.3, -0.25) is 10.1 Å². The van der Waals surface area contributed by atoms with E-state index in [9.17, 15) is 10.1 Å². The summed E-state index contributed by atoms with van der Waals surface area (Å²) in [5.41, 5.74) is 6.87. The third-order valence-electron chi connectivity index (χ3n) is 2.90. The van der Waals surface area contributed by atoms with Gasteiger partial charge in [0.25, 0.3) is 0 Å². The molecule has 1 aromatic rings. The van der Waals surface area contributed by atoms with E-state index in [1.54, 1.807) is 12.1 Å². The minimum atomic E-state index is -0.422. The summed E-state index contributed by atoms with van der Waals surface area (Å²) in [4.78, 5) is 10.5. The predicted molar refractivity (Wildman–Crippen MR) is 70.9 cm³/mol. The largest absolute Gasteiger partial charge is 0.490 e. The normalized spacial score (nSPS) is 12.2. The molecule has 0 saturated carbocycles. The van der Waals surface area contributed by atoms with Gasteiger partial charge in [-0.15, -0.1) is 0 Å². The van der Waals surface area contributed by atoms with Gasteiger partial charge in [0.1, 0.15) is 0 Å². The highest BCUT2D eigenvalue weighted by Crippen LogP contribution is 2.28. The van der Waals surface area contributed by atoms with Crippen molar-refractivity contribution in [1.29, 1.82) is 0 Å². The van der Waals surface area contributed by atoms with Gasteiger partial charge in [-0.25, -0.2) is 0 Å². The average Bonchev–Trinajstić information content (AvgIpc) is 2.36. The van der Waals surface area contributed by atoms with Gasteiger partial charge in [-0.05, 0) is 30.9 Å². The van der Waals surface area contributed by atoms with E-state index in [1.807, 2.05) is 6.07 Å². The molecule has 0 spiro atoms. The molecule has 5 heteroatoms. The van der Waals surface area contributed by atoms with Crippen LogP contribution in [0.5, 0.6) is 5.75 Å². The Morgan fingerprint density at radius 2 is 2.17 bits per heavy atom. The van der Waals surface area contributed by atoms with Crippen LogP contribution in [0.3, 0.4) is 0 Å². The number of nitrogens with zero attached hydrogens (tertiary/aromatic N) is 1. The van der Waals surface area contributed by atoms with Gasteiger partial charge in [0.2, 0.25) is 0 Å². The molecule has 0 aliphatic rings. The summed E-state index contributed by atoms with van der Waals surface area (Å²) in [7, 11) is 1.43. The smallest absolute Gasteiger partial charge is 0.311 e. The highest BCUT2D eigenvalue weighted by atomic mass is 16.6. The Hall–Kier alpha value is -1.62. The lowest BCUT2D eigenvalue weighted by molar-refractivity contribution is -0.385. The predicted octanol–water partition coefficient (Wildman–Crippen LogP) is 2.66. The molecular weight excluding hydrogens is 232 g/mol. The molecule has 1 aromatic carbocycles. The number of nitrogens with two attached hydrogens (primary N) is 1. The summed E-state index contributed by atoms with van der Waals surface area (Å²) in [5.74, 6) is 0.293. The number of nitro benzene ring substituents is 1. The van der Waals surface area contributed by atoms with Crippen molar-refractivity contribution in [2.45, 2.75) is 38.6 Å². The molecule has 1 rings (SSSR count). The Labute approximate surface area is 107 Å². The maximum Gasteiger partial charge on any atom is 0.311 e. The second-order valence-corrected chi connectivity index (χ2v) is 4.35. The fourth-order valence-corrected chi connectivity index (χ4v) is 1.90. The van der Waals surface area contributed by atoms with Crippen LogP contribution in [0.25, 0.3) is 0 Å².